The molecule has 0 saturated heterocycles. The quantitative estimate of drug-likeness (QED) is 0.861. The summed E-state index contributed by atoms with van der Waals surface area (Å²) in [5.74, 6) is -0.348. The molecule has 20 heavy (non-hydrogen) atoms. The van der Waals surface area contributed by atoms with Gasteiger partial charge in [-0.1, -0.05) is 41.9 Å². The number of nitrogens with one attached hydrogen (secondary N) is 2. The highest BCUT2D eigenvalue weighted by atomic mass is 35.5. The number of rotatable bonds is 4. The zero-order valence-corrected chi connectivity index (χ0v) is 11.2. The molecule has 2 rings (SSSR count). The average molecular weight is 294 g/mol. The van der Waals surface area contributed by atoms with Crippen LogP contribution in [0.15, 0.2) is 46.1 Å². The minimum absolute atomic E-state index is 0.138. The van der Waals surface area contributed by atoms with Crippen molar-refractivity contribution in [2.45, 2.75) is 13.1 Å². The zero-order chi connectivity index (χ0) is 14.5. The van der Waals surface area contributed by atoms with Crippen molar-refractivity contribution in [2.24, 2.45) is 0 Å². The third kappa shape index (κ3) is 3.58. The first-order chi connectivity index (χ1) is 9.56. The molecule has 0 saturated carbocycles. The number of amides is 1. The number of aromatic nitrogens is 2. The fourth-order valence-corrected chi connectivity index (χ4v) is 1.77. The molecule has 2 aromatic rings. The smallest absolute Gasteiger partial charge is 0.328 e. The molecule has 1 aromatic carbocycles. The number of hydrogen-bond donors (Lipinski definition) is 2. The Hall–Kier alpha value is -2.34. The standard InChI is InChI=1S/C13H12ClN3O3/c14-10-7-17(13(20)16-12(10)19)8-11(18)15-6-9-4-2-1-3-5-9/h1-5,7H,6,8H2,(H,15,18)(H,16,19,20). The molecule has 7 heteroatoms. The first-order valence-corrected chi connectivity index (χ1v) is 6.24. The number of H-pyrrole nitrogens is 1. The van der Waals surface area contributed by atoms with Crippen molar-refractivity contribution in [3.05, 3.63) is 68.0 Å². The summed E-state index contributed by atoms with van der Waals surface area (Å²) in [6.45, 7) is 0.160. The highest BCUT2D eigenvalue weighted by Crippen LogP contribution is 1.98. The molecular formula is C13H12ClN3O3. The van der Waals surface area contributed by atoms with E-state index in [-0.39, 0.29) is 17.5 Å². The van der Waals surface area contributed by atoms with E-state index >= 15 is 0 Å². The van der Waals surface area contributed by atoms with E-state index in [0.29, 0.717) is 6.54 Å². The fraction of sp³-hybridized carbons (Fsp3) is 0.154. The molecule has 1 heterocycles. The largest absolute Gasteiger partial charge is 0.350 e. The number of carbonyl (C=O) groups is 1. The molecule has 2 N–H and O–H groups in total. The van der Waals surface area contributed by atoms with Crippen molar-refractivity contribution in [1.82, 2.24) is 14.9 Å². The van der Waals surface area contributed by atoms with Gasteiger partial charge >= 0.3 is 5.69 Å². The van der Waals surface area contributed by atoms with Crippen molar-refractivity contribution >= 4 is 17.5 Å². The molecule has 1 aromatic heterocycles. The second-order valence-electron chi connectivity index (χ2n) is 4.13. The van der Waals surface area contributed by atoms with Crippen LogP contribution in [-0.2, 0) is 17.9 Å². The van der Waals surface area contributed by atoms with Crippen molar-refractivity contribution in [3.8, 4) is 0 Å². The van der Waals surface area contributed by atoms with Gasteiger partial charge in [-0.25, -0.2) is 4.79 Å². The molecule has 0 aliphatic carbocycles. The van der Waals surface area contributed by atoms with Gasteiger partial charge in [-0.3, -0.25) is 19.1 Å². The molecule has 0 atom stereocenters. The Labute approximate surface area is 119 Å². The van der Waals surface area contributed by atoms with E-state index in [4.69, 9.17) is 11.6 Å². The Morgan fingerprint density at radius 3 is 2.65 bits per heavy atom. The Kier molecular flexibility index (Phi) is 4.37. The summed E-state index contributed by atoms with van der Waals surface area (Å²) in [5.41, 5.74) is -0.389. The summed E-state index contributed by atoms with van der Waals surface area (Å²) >= 11 is 5.61. The van der Waals surface area contributed by atoms with Crippen LogP contribution in [0.3, 0.4) is 0 Å². The molecule has 104 valence electrons. The van der Waals surface area contributed by atoms with Gasteiger partial charge < -0.3 is 5.32 Å². The minimum atomic E-state index is -0.672. The zero-order valence-electron chi connectivity index (χ0n) is 10.4. The highest BCUT2D eigenvalue weighted by Gasteiger charge is 2.07. The van der Waals surface area contributed by atoms with Gasteiger partial charge in [-0.2, -0.15) is 0 Å². The van der Waals surface area contributed by atoms with Crippen LogP contribution in [0.25, 0.3) is 0 Å². The second-order valence-corrected chi connectivity index (χ2v) is 4.53. The SMILES string of the molecule is O=C(Cn1cc(Cl)c(=O)[nH]c1=O)NCc1ccccc1. The van der Waals surface area contributed by atoms with Crippen molar-refractivity contribution in [2.75, 3.05) is 0 Å². The number of benzene rings is 1. The lowest BCUT2D eigenvalue weighted by Crippen LogP contribution is -2.35. The van der Waals surface area contributed by atoms with Gasteiger partial charge in [0.25, 0.3) is 5.56 Å². The van der Waals surface area contributed by atoms with Gasteiger partial charge in [0, 0.05) is 12.7 Å². The van der Waals surface area contributed by atoms with Crippen molar-refractivity contribution in [1.29, 1.82) is 0 Å². The van der Waals surface area contributed by atoms with Crippen LogP contribution in [0.4, 0.5) is 0 Å². The molecule has 0 aliphatic heterocycles. The Morgan fingerprint density at radius 2 is 1.95 bits per heavy atom. The highest BCUT2D eigenvalue weighted by molar-refractivity contribution is 6.30. The lowest BCUT2D eigenvalue weighted by molar-refractivity contribution is -0.121. The lowest BCUT2D eigenvalue weighted by atomic mass is 10.2. The van der Waals surface area contributed by atoms with E-state index in [0.717, 1.165) is 16.3 Å². The summed E-state index contributed by atoms with van der Waals surface area (Å²) in [4.78, 5) is 36.3. The van der Waals surface area contributed by atoms with Gasteiger partial charge in [0.05, 0.1) is 0 Å². The molecule has 0 radical (unpaired) electrons. The molecule has 0 unspecified atom stereocenters. The number of halogens is 1. The van der Waals surface area contributed by atoms with Crippen molar-refractivity contribution in [3.63, 3.8) is 0 Å². The van der Waals surface area contributed by atoms with Gasteiger partial charge in [0.15, 0.2) is 0 Å². The fourth-order valence-electron chi connectivity index (χ4n) is 1.61. The van der Waals surface area contributed by atoms with Crippen LogP contribution >= 0.6 is 11.6 Å². The normalized spacial score (nSPS) is 10.2. The molecule has 0 spiro atoms. The monoisotopic (exact) mass is 293 g/mol. The summed E-state index contributed by atoms with van der Waals surface area (Å²) in [7, 11) is 0. The maximum Gasteiger partial charge on any atom is 0.328 e. The predicted molar refractivity (Wildman–Crippen MR) is 74.6 cm³/mol. The number of hydrogen-bond acceptors (Lipinski definition) is 3. The van der Waals surface area contributed by atoms with Crippen LogP contribution in [0.5, 0.6) is 0 Å². The van der Waals surface area contributed by atoms with Crippen LogP contribution in [0.2, 0.25) is 5.02 Å². The third-order valence-electron chi connectivity index (χ3n) is 2.61. The second kappa shape index (κ2) is 6.21. The Morgan fingerprint density at radius 1 is 1.25 bits per heavy atom. The van der Waals surface area contributed by atoms with Gasteiger partial charge in [-0.15, -0.1) is 0 Å². The Bertz CT molecular complexity index is 722. The predicted octanol–water partition coefficient (Wildman–Crippen LogP) is 0.506. The van der Waals surface area contributed by atoms with E-state index in [1.807, 2.05) is 35.3 Å². The van der Waals surface area contributed by atoms with E-state index in [9.17, 15) is 14.4 Å². The van der Waals surface area contributed by atoms with E-state index in [1.54, 1.807) is 0 Å². The summed E-state index contributed by atoms with van der Waals surface area (Å²) in [5, 5.41) is 2.54. The number of nitrogens with zero attached hydrogens (tertiary/aromatic N) is 1. The van der Waals surface area contributed by atoms with E-state index < -0.39 is 11.2 Å². The third-order valence-corrected chi connectivity index (χ3v) is 2.88. The maximum atomic E-state index is 11.7. The first-order valence-electron chi connectivity index (χ1n) is 5.86. The lowest BCUT2D eigenvalue weighted by Gasteiger charge is -2.07. The topological polar surface area (TPSA) is 84.0 Å². The van der Waals surface area contributed by atoms with E-state index in [2.05, 4.69) is 5.32 Å². The molecule has 1 amide bonds. The van der Waals surface area contributed by atoms with Gasteiger partial charge in [-0.05, 0) is 5.56 Å². The molecule has 6 nitrogen and oxygen atoms in total. The van der Waals surface area contributed by atoms with Crippen molar-refractivity contribution < 1.29 is 4.79 Å². The molecule has 0 fully saturated rings. The summed E-state index contributed by atoms with van der Waals surface area (Å²) in [6, 6.07) is 9.38. The summed E-state index contributed by atoms with van der Waals surface area (Å²) < 4.78 is 1.05. The van der Waals surface area contributed by atoms with Crippen LogP contribution in [0, 0.1) is 0 Å². The van der Waals surface area contributed by atoms with Crippen LogP contribution in [-0.4, -0.2) is 15.5 Å². The van der Waals surface area contributed by atoms with Crippen LogP contribution < -0.4 is 16.6 Å². The van der Waals surface area contributed by atoms with Gasteiger partial charge in [0.2, 0.25) is 5.91 Å². The van der Waals surface area contributed by atoms with Crippen LogP contribution in [0.1, 0.15) is 5.56 Å². The number of carbonyl (C=O) groups excluding carboxylic acids is 1. The first kappa shape index (κ1) is 14.1. The molecular weight excluding hydrogens is 282 g/mol. The van der Waals surface area contributed by atoms with E-state index in [1.165, 1.54) is 0 Å². The Balaban J connectivity index is 2.00. The molecule has 0 bridgehead atoms. The van der Waals surface area contributed by atoms with Gasteiger partial charge in [0.1, 0.15) is 11.6 Å². The average Bonchev–Trinajstić information content (AvgIpc) is 2.44. The summed E-state index contributed by atoms with van der Waals surface area (Å²) in [6.07, 6.45) is 1.14. The maximum absolute atomic E-state index is 11.7. The molecule has 0 aliphatic rings. The minimum Gasteiger partial charge on any atom is -0.350 e. The number of aromatic amines is 1.